The molecule has 0 saturated carbocycles. The predicted octanol–water partition coefficient (Wildman–Crippen LogP) is 4.34. The Hall–Kier alpha value is -2.04. The number of phenols is 1. The molecule has 0 amide bonds. The predicted molar refractivity (Wildman–Crippen MR) is 91.8 cm³/mol. The second-order valence-corrected chi connectivity index (χ2v) is 6.12. The lowest BCUT2D eigenvalue weighted by molar-refractivity contribution is 0.201. The molecule has 0 radical (unpaired) electrons. The molecule has 2 aromatic carbocycles. The molecule has 2 N–H and O–H groups in total. The highest BCUT2D eigenvalue weighted by Crippen LogP contribution is 2.36. The lowest BCUT2D eigenvalue weighted by Crippen LogP contribution is -2.15. The zero-order chi connectivity index (χ0) is 15.4. The summed E-state index contributed by atoms with van der Waals surface area (Å²) in [6, 6.07) is 15.5. The van der Waals surface area contributed by atoms with Crippen molar-refractivity contribution in [2.45, 2.75) is 12.5 Å². The van der Waals surface area contributed by atoms with E-state index in [1.165, 1.54) is 4.88 Å². The molecule has 3 aromatic rings. The fraction of sp³-hybridized carbons (Fsp3) is 0.222. The van der Waals surface area contributed by atoms with E-state index in [4.69, 9.17) is 4.74 Å². The van der Waals surface area contributed by atoms with Gasteiger partial charge in [-0.25, -0.2) is 0 Å². The molecule has 0 aliphatic heterocycles. The van der Waals surface area contributed by atoms with Gasteiger partial charge in [0.05, 0.1) is 0 Å². The van der Waals surface area contributed by atoms with Crippen LogP contribution in [0.2, 0.25) is 0 Å². The molecule has 0 bridgehead atoms. The van der Waals surface area contributed by atoms with Crippen molar-refractivity contribution in [3.8, 4) is 11.5 Å². The van der Waals surface area contributed by atoms with Crippen LogP contribution in [0, 0.1) is 0 Å². The molecule has 0 unspecified atom stereocenters. The number of thiophene rings is 1. The molecule has 0 aliphatic carbocycles. The lowest BCUT2D eigenvalue weighted by atomic mass is 10.1. The van der Waals surface area contributed by atoms with Crippen LogP contribution in [0.4, 0.5) is 0 Å². The van der Waals surface area contributed by atoms with Crippen molar-refractivity contribution in [3.63, 3.8) is 0 Å². The Labute approximate surface area is 134 Å². The van der Waals surface area contributed by atoms with Gasteiger partial charge in [0.15, 0.2) is 0 Å². The first-order valence-corrected chi connectivity index (χ1v) is 8.23. The van der Waals surface area contributed by atoms with E-state index in [1.807, 2.05) is 43.4 Å². The minimum atomic E-state index is 0.0143. The summed E-state index contributed by atoms with van der Waals surface area (Å²) in [6.07, 6.45) is 0.909. The number of ether oxygens (including phenoxy) is 1. The van der Waals surface area contributed by atoms with Crippen LogP contribution in [-0.4, -0.2) is 18.7 Å². The van der Waals surface area contributed by atoms with Gasteiger partial charge in [0.25, 0.3) is 0 Å². The van der Waals surface area contributed by atoms with Crippen molar-refractivity contribution in [2.75, 3.05) is 13.6 Å². The Morgan fingerprint density at radius 2 is 1.91 bits per heavy atom. The number of rotatable bonds is 6. The van der Waals surface area contributed by atoms with E-state index in [0.29, 0.717) is 0 Å². The summed E-state index contributed by atoms with van der Waals surface area (Å²) in [5.41, 5.74) is 0. The van der Waals surface area contributed by atoms with Crippen molar-refractivity contribution < 1.29 is 9.84 Å². The second-order valence-electron chi connectivity index (χ2n) is 5.14. The molecule has 1 aromatic heterocycles. The highest BCUT2D eigenvalue weighted by Gasteiger charge is 2.16. The van der Waals surface area contributed by atoms with Gasteiger partial charge < -0.3 is 15.2 Å². The summed E-state index contributed by atoms with van der Waals surface area (Å²) >= 11 is 1.71. The van der Waals surface area contributed by atoms with Crippen molar-refractivity contribution in [1.29, 1.82) is 0 Å². The molecule has 3 nitrogen and oxygen atoms in total. The third-order valence-corrected chi connectivity index (χ3v) is 4.61. The van der Waals surface area contributed by atoms with Crippen molar-refractivity contribution >= 4 is 22.1 Å². The number of nitrogens with one attached hydrogen (secondary N) is 1. The van der Waals surface area contributed by atoms with Gasteiger partial charge in [0.1, 0.15) is 17.6 Å². The molecule has 114 valence electrons. The van der Waals surface area contributed by atoms with Gasteiger partial charge in [0, 0.05) is 22.1 Å². The van der Waals surface area contributed by atoms with E-state index in [-0.39, 0.29) is 11.9 Å². The van der Waals surface area contributed by atoms with E-state index in [9.17, 15) is 5.11 Å². The van der Waals surface area contributed by atoms with E-state index in [0.717, 1.165) is 29.5 Å². The van der Waals surface area contributed by atoms with Gasteiger partial charge in [-0.05, 0) is 37.2 Å². The highest BCUT2D eigenvalue weighted by molar-refractivity contribution is 7.10. The normalized spacial score (nSPS) is 12.4. The monoisotopic (exact) mass is 313 g/mol. The van der Waals surface area contributed by atoms with Crippen LogP contribution in [0.25, 0.3) is 10.8 Å². The van der Waals surface area contributed by atoms with Crippen LogP contribution in [0.15, 0.2) is 53.9 Å². The van der Waals surface area contributed by atoms with Crippen molar-refractivity contribution in [3.05, 3.63) is 58.8 Å². The molecule has 0 fully saturated rings. The molecule has 0 saturated heterocycles. The Kier molecular flexibility index (Phi) is 4.61. The van der Waals surface area contributed by atoms with Crippen LogP contribution < -0.4 is 10.1 Å². The van der Waals surface area contributed by atoms with E-state index < -0.39 is 0 Å². The van der Waals surface area contributed by atoms with Crippen LogP contribution >= 0.6 is 11.3 Å². The molecule has 4 heteroatoms. The number of hydrogen-bond acceptors (Lipinski definition) is 4. The number of aromatic hydroxyl groups is 1. The maximum Gasteiger partial charge on any atom is 0.134 e. The van der Waals surface area contributed by atoms with E-state index >= 15 is 0 Å². The maximum atomic E-state index is 9.99. The lowest BCUT2D eigenvalue weighted by Gasteiger charge is -2.19. The fourth-order valence-electron chi connectivity index (χ4n) is 2.52. The third-order valence-electron chi connectivity index (χ3n) is 3.65. The molecule has 1 heterocycles. The van der Waals surface area contributed by atoms with Crippen molar-refractivity contribution in [1.82, 2.24) is 5.32 Å². The first kappa shape index (κ1) is 14.9. The summed E-state index contributed by atoms with van der Waals surface area (Å²) in [7, 11) is 1.95. The van der Waals surface area contributed by atoms with Crippen LogP contribution in [0.3, 0.4) is 0 Å². The number of fused-ring (bicyclic) bond motifs is 1. The zero-order valence-electron chi connectivity index (χ0n) is 12.5. The Morgan fingerprint density at radius 3 is 2.64 bits per heavy atom. The number of hydrogen-bond donors (Lipinski definition) is 2. The Morgan fingerprint density at radius 1 is 1.09 bits per heavy atom. The van der Waals surface area contributed by atoms with Crippen LogP contribution in [-0.2, 0) is 0 Å². The maximum absolute atomic E-state index is 9.99. The molecular formula is C18H19NO2S. The Balaban J connectivity index is 1.94. The van der Waals surface area contributed by atoms with Gasteiger partial charge >= 0.3 is 0 Å². The van der Waals surface area contributed by atoms with Gasteiger partial charge in [-0.3, -0.25) is 0 Å². The average Bonchev–Trinajstić information content (AvgIpc) is 3.08. The number of benzene rings is 2. The van der Waals surface area contributed by atoms with Crippen molar-refractivity contribution in [2.24, 2.45) is 0 Å². The molecule has 0 spiro atoms. The molecule has 0 aliphatic rings. The second kappa shape index (κ2) is 6.81. The Bertz CT molecular complexity index is 740. The van der Waals surface area contributed by atoms with E-state index in [2.05, 4.69) is 16.8 Å². The quantitative estimate of drug-likeness (QED) is 0.711. The SMILES string of the molecule is CNCC[C@@H](Oc1ccc(O)c2ccccc12)c1cccs1. The molecule has 22 heavy (non-hydrogen) atoms. The zero-order valence-corrected chi connectivity index (χ0v) is 13.3. The summed E-state index contributed by atoms with van der Waals surface area (Å²) in [5, 5.41) is 17.0. The van der Waals surface area contributed by atoms with Crippen LogP contribution in [0.1, 0.15) is 17.4 Å². The summed E-state index contributed by atoms with van der Waals surface area (Å²) in [5.74, 6) is 1.09. The van der Waals surface area contributed by atoms with E-state index in [1.54, 1.807) is 17.4 Å². The average molecular weight is 313 g/mol. The largest absolute Gasteiger partial charge is 0.507 e. The number of phenolic OH excluding ortho intramolecular Hbond substituents is 1. The van der Waals surface area contributed by atoms with Gasteiger partial charge in [-0.15, -0.1) is 11.3 Å². The standard InChI is InChI=1S/C18H19NO2S/c1-19-11-10-17(18-7-4-12-22-18)21-16-9-8-15(20)13-5-2-3-6-14(13)16/h2-9,12,17,19-20H,10-11H2,1H3/t17-/m1/s1. The summed E-state index contributed by atoms with van der Waals surface area (Å²) in [6.45, 7) is 0.887. The smallest absolute Gasteiger partial charge is 0.134 e. The minimum Gasteiger partial charge on any atom is -0.507 e. The van der Waals surface area contributed by atoms with Gasteiger partial charge in [-0.2, -0.15) is 0 Å². The third kappa shape index (κ3) is 3.08. The minimum absolute atomic E-state index is 0.0143. The fourth-order valence-corrected chi connectivity index (χ4v) is 3.31. The molecular weight excluding hydrogens is 294 g/mol. The highest BCUT2D eigenvalue weighted by atomic mass is 32.1. The first-order valence-electron chi connectivity index (χ1n) is 7.35. The topological polar surface area (TPSA) is 41.5 Å². The first-order chi connectivity index (χ1) is 10.8. The van der Waals surface area contributed by atoms with Gasteiger partial charge in [0.2, 0.25) is 0 Å². The molecule has 3 rings (SSSR count). The molecule has 1 atom stereocenters. The summed E-state index contributed by atoms with van der Waals surface area (Å²) in [4.78, 5) is 1.22. The van der Waals surface area contributed by atoms with Crippen LogP contribution in [0.5, 0.6) is 11.5 Å². The summed E-state index contributed by atoms with van der Waals surface area (Å²) < 4.78 is 6.29. The van der Waals surface area contributed by atoms with Gasteiger partial charge in [-0.1, -0.05) is 30.3 Å².